The molecular weight excluding hydrogens is 314 g/mol. The average Bonchev–Trinajstić information content (AvgIpc) is 3.06. The number of hydrogen-bond donors (Lipinski definition) is 1. The highest BCUT2D eigenvalue weighted by atomic mass is 16.3. The molecule has 1 unspecified atom stereocenters. The molecule has 0 aromatic rings. The lowest BCUT2D eigenvalue weighted by Gasteiger charge is -2.59. The van der Waals surface area contributed by atoms with E-state index in [2.05, 4.69) is 18.7 Å². The van der Waals surface area contributed by atoms with Crippen LogP contribution in [0.25, 0.3) is 0 Å². The third kappa shape index (κ3) is 1.67. The van der Waals surface area contributed by atoms with Crippen molar-refractivity contribution in [2.75, 3.05) is 19.7 Å². The monoisotopic (exact) mass is 343 g/mol. The maximum absolute atomic E-state index is 13.9. The van der Waals surface area contributed by atoms with Crippen LogP contribution in [0.3, 0.4) is 0 Å². The highest BCUT2D eigenvalue weighted by molar-refractivity contribution is 6.08. The Morgan fingerprint density at radius 1 is 1.24 bits per heavy atom. The van der Waals surface area contributed by atoms with E-state index in [0.717, 1.165) is 49.9 Å². The second-order valence-electron chi connectivity index (χ2n) is 9.45. The van der Waals surface area contributed by atoms with Gasteiger partial charge in [0.05, 0.1) is 5.41 Å². The van der Waals surface area contributed by atoms with Gasteiger partial charge in [0.25, 0.3) is 0 Å². The zero-order chi connectivity index (χ0) is 17.6. The van der Waals surface area contributed by atoms with Crippen molar-refractivity contribution in [1.29, 1.82) is 0 Å². The number of allylic oxidation sites excluding steroid dienone is 1. The molecule has 1 spiro atoms. The van der Waals surface area contributed by atoms with Gasteiger partial charge in [-0.25, -0.2) is 0 Å². The van der Waals surface area contributed by atoms with E-state index >= 15 is 0 Å². The second kappa shape index (κ2) is 5.04. The van der Waals surface area contributed by atoms with E-state index in [1.807, 2.05) is 0 Å². The summed E-state index contributed by atoms with van der Waals surface area (Å²) >= 11 is 0. The summed E-state index contributed by atoms with van der Waals surface area (Å²) in [7, 11) is 0. The van der Waals surface area contributed by atoms with Gasteiger partial charge >= 0.3 is 0 Å². The molecule has 4 nitrogen and oxygen atoms in total. The quantitative estimate of drug-likeness (QED) is 0.836. The summed E-state index contributed by atoms with van der Waals surface area (Å²) in [6.45, 7) is 6.74. The minimum absolute atomic E-state index is 0.0753. The van der Waals surface area contributed by atoms with Gasteiger partial charge in [-0.2, -0.15) is 0 Å². The van der Waals surface area contributed by atoms with Crippen LogP contribution in [0, 0.1) is 28.6 Å². The lowest BCUT2D eigenvalue weighted by Crippen LogP contribution is -2.65. The van der Waals surface area contributed by atoms with Crippen LogP contribution in [-0.4, -0.2) is 47.3 Å². The van der Waals surface area contributed by atoms with Crippen molar-refractivity contribution in [1.82, 2.24) is 4.90 Å². The van der Waals surface area contributed by atoms with Crippen LogP contribution in [0.15, 0.2) is 11.1 Å². The number of ketones is 2. The number of aliphatic hydroxyl groups is 1. The molecule has 1 N–H and O–H groups in total. The molecule has 4 heteroatoms. The molecule has 0 radical (unpaired) electrons. The van der Waals surface area contributed by atoms with Crippen LogP contribution < -0.4 is 0 Å². The Hall–Kier alpha value is -1.00. The summed E-state index contributed by atoms with van der Waals surface area (Å²) in [5.41, 5.74) is 1.29. The van der Waals surface area contributed by atoms with E-state index in [4.69, 9.17) is 0 Å². The predicted molar refractivity (Wildman–Crippen MR) is 93.9 cm³/mol. The molecule has 2 aliphatic heterocycles. The topological polar surface area (TPSA) is 57.6 Å². The maximum atomic E-state index is 13.9. The first kappa shape index (κ1) is 16.2. The number of piperidine rings is 1. The molecule has 5 rings (SSSR count). The summed E-state index contributed by atoms with van der Waals surface area (Å²) in [6, 6.07) is 0.450. The number of fused-ring (bicyclic) bond motifs is 1. The normalized spacial score (nSPS) is 48.8. The van der Waals surface area contributed by atoms with Gasteiger partial charge in [0.1, 0.15) is 5.78 Å². The molecule has 2 saturated carbocycles. The van der Waals surface area contributed by atoms with Crippen molar-refractivity contribution in [2.24, 2.45) is 28.6 Å². The summed E-state index contributed by atoms with van der Waals surface area (Å²) in [6.07, 6.45) is 4.69. The minimum atomic E-state index is -0.563. The number of Topliss-reactive ketones (excluding diaryl/α,β-unsaturated/α-hetero) is 2. The number of carbonyl (C=O) groups excluding carboxylic acids is 2. The predicted octanol–water partition coefficient (Wildman–Crippen LogP) is 2.35. The molecule has 6 atom stereocenters. The second-order valence-corrected chi connectivity index (χ2v) is 9.45. The van der Waals surface area contributed by atoms with Crippen molar-refractivity contribution in [3.05, 3.63) is 11.1 Å². The third-order valence-electron chi connectivity index (χ3n) is 8.79. The average molecular weight is 343 g/mol. The van der Waals surface area contributed by atoms with Crippen LogP contribution in [-0.2, 0) is 9.59 Å². The molecule has 0 aromatic carbocycles. The number of aliphatic hydroxyl groups excluding tert-OH is 1. The summed E-state index contributed by atoms with van der Waals surface area (Å²) in [4.78, 5) is 29.8. The van der Waals surface area contributed by atoms with Gasteiger partial charge in [0.2, 0.25) is 0 Å². The highest BCUT2D eigenvalue weighted by Gasteiger charge is 2.73. The molecule has 2 bridgehead atoms. The Morgan fingerprint density at radius 3 is 2.80 bits per heavy atom. The number of carbonyl (C=O) groups is 2. The van der Waals surface area contributed by atoms with Gasteiger partial charge in [-0.15, -0.1) is 0 Å². The molecule has 3 aliphatic carbocycles. The van der Waals surface area contributed by atoms with E-state index in [-0.39, 0.29) is 23.7 Å². The van der Waals surface area contributed by atoms with E-state index < -0.39 is 5.41 Å². The van der Waals surface area contributed by atoms with Gasteiger partial charge < -0.3 is 5.11 Å². The van der Waals surface area contributed by atoms with Crippen LogP contribution in [0.1, 0.15) is 52.4 Å². The number of nitrogens with zero attached hydrogens (tertiary/aromatic N) is 1. The first-order chi connectivity index (χ1) is 11.9. The molecule has 2 saturated heterocycles. The zero-order valence-electron chi connectivity index (χ0n) is 15.4. The summed E-state index contributed by atoms with van der Waals surface area (Å²) < 4.78 is 0. The van der Waals surface area contributed by atoms with Gasteiger partial charge in [0, 0.05) is 49.1 Å². The lowest BCUT2D eigenvalue weighted by atomic mass is 9.45. The van der Waals surface area contributed by atoms with E-state index in [9.17, 15) is 14.7 Å². The first-order valence-corrected chi connectivity index (χ1v) is 10.1. The largest absolute Gasteiger partial charge is 0.396 e. The summed E-state index contributed by atoms with van der Waals surface area (Å²) in [5.74, 6) is 1.54. The van der Waals surface area contributed by atoms with Crippen LogP contribution in [0.5, 0.6) is 0 Å². The van der Waals surface area contributed by atoms with Gasteiger partial charge in [-0.05, 0) is 43.9 Å². The number of hydrogen-bond acceptors (Lipinski definition) is 4. The minimum Gasteiger partial charge on any atom is -0.396 e. The molecular formula is C21H29NO3. The van der Waals surface area contributed by atoms with E-state index in [1.165, 1.54) is 0 Å². The fourth-order valence-corrected chi connectivity index (χ4v) is 7.71. The Balaban J connectivity index is 1.78. The molecule has 5 aliphatic rings. The van der Waals surface area contributed by atoms with Crippen LogP contribution in [0.2, 0.25) is 0 Å². The smallest absolute Gasteiger partial charge is 0.159 e. The zero-order valence-corrected chi connectivity index (χ0v) is 15.4. The Bertz CT molecular complexity index is 697. The van der Waals surface area contributed by atoms with Crippen LogP contribution >= 0.6 is 0 Å². The van der Waals surface area contributed by atoms with Crippen molar-refractivity contribution in [2.45, 2.75) is 58.4 Å². The van der Waals surface area contributed by atoms with Crippen molar-refractivity contribution in [3.63, 3.8) is 0 Å². The Morgan fingerprint density at radius 2 is 2.04 bits per heavy atom. The molecule has 0 aromatic heterocycles. The lowest BCUT2D eigenvalue weighted by molar-refractivity contribution is -0.157. The SMILES string of the molecule is C[C@@H]1CN2C[C@H]3CCC(=O)C4=C(CCO)CC[C@@]45C(=O)[C@@H]1CC2[C@@]35C. The summed E-state index contributed by atoms with van der Waals surface area (Å²) in [5, 5.41) is 9.52. The van der Waals surface area contributed by atoms with Crippen molar-refractivity contribution >= 4 is 11.6 Å². The fourth-order valence-electron chi connectivity index (χ4n) is 7.71. The maximum Gasteiger partial charge on any atom is 0.159 e. The van der Waals surface area contributed by atoms with Gasteiger partial charge in [-0.1, -0.05) is 19.4 Å². The third-order valence-corrected chi connectivity index (χ3v) is 8.79. The Labute approximate surface area is 149 Å². The molecule has 25 heavy (non-hydrogen) atoms. The Kier molecular flexibility index (Phi) is 3.26. The number of rotatable bonds is 2. The van der Waals surface area contributed by atoms with E-state index in [1.54, 1.807) is 0 Å². The highest BCUT2D eigenvalue weighted by Crippen LogP contribution is 2.70. The fraction of sp³-hybridized carbons (Fsp3) is 0.810. The van der Waals surface area contributed by atoms with Gasteiger partial charge in [-0.3, -0.25) is 14.5 Å². The van der Waals surface area contributed by atoms with Gasteiger partial charge in [0.15, 0.2) is 5.78 Å². The van der Waals surface area contributed by atoms with E-state index in [0.29, 0.717) is 36.5 Å². The molecule has 2 heterocycles. The molecule has 136 valence electrons. The van der Waals surface area contributed by atoms with Crippen molar-refractivity contribution < 1.29 is 14.7 Å². The van der Waals surface area contributed by atoms with Crippen molar-refractivity contribution in [3.8, 4) is 0 Å². The standard InChI is InChI=1S/C21H29NO3/c1-12-10-22-11-14-3-4-16(24)18-13(6-8-23)5-7-21(18)19(25)15(12)9-17(22)20(14,21)2/h12,14-15,17,23H,3-11H2,1-2H3/t12-,14-,15-,17?,20-,21+/m1/s1. The molecule has 0 amide bonds. The molecule has 4 fully saturated rings. The van der Waals surface area contributed by atoms with Crippen LogP contribution in [0.4, 0.5) is 0 Å². The first-order valence-electron chi connectivity index (χ1n) is 10.1.